The van der Waals surface area contributed by atoms with Crippen LogP contribution in [0, 0.1) is 5.92 Å². The van der Waals surface area contributed by atoms with Crippen molar-refractivity contribution in [2.45, 2.75) is 13.8 Å². The molecule has 16 heavy (non-hydrogen) atoms. The lowest BCUT2D eigenvalue weighted by molar-refractivity contribution is -0.122. The molecule has 1 atom stereocenters. The summed E-state index contributed by atoms with van der Waals surface area (Å²) in [7, 11) is 0. The van der Waals surface area contributed by atoms with Crippen LogP contribution in [0.15, 0.2) is 24.3 Å². The Labute approximate surface area is 95.3 Å². The van der Waals surface area contributed by atoms with E-state index in [2.05, 4.69) is 0 Å². The topological polar surface area (TPSA) is 61.6 Å². The van der Waals surface area contributed by atoms with Crippen LogP contribution in [-0.4, -0.2) is 19.1 Å². The van der Waals surface area contributed by atoms with Crippen molar-refractivity contribution >= 4 is 5.91 Å². The number of carbonyl (C=O) groups excluding carboxylic acids is 1. The predicted molar refractivity (Wildman–Crippen MR) is 61.5 cm³/mol. The molecule has 0 aliphatic rings. The highest BCUT2D eigenvalue weighted by Gasteiger charge is 2.11. The van der Waals surface area contributed by atoms with Gasteiger partial charge in [-0.05, 0) is 19.1 Å². The first kappa shape index (κ1) is 12.4. The Kier molecular flexibility index (Phi) is 4.64. The van der Waals surface area contributed by atoms with E-state index >= 15 is 0 Å². The number of primary amides is 1. The fourth-order valence-corrected chi connectivity index (χ4v) is 1.14. The summed E-state index contributed by atoms with van der Waals surface area (Å²) in [6.45, 7) is 4.47. The molecule has 1 aromatic carbocycles. The van der Waals surface area contributed by atoms with E-state index in [9.17, 15) is 4.79 Å². The van der Waals surface area contributed by atoms with Crippen LogP contribution in [0.4, 0.5) is 0 Å². The van der Waals surface area contributed by atoms with Crippen molar-refractivity contribution in [1.29, 1.82) is 0 Å². The zero-order valence-corrected chi connectivity index (χ0v) is 9.60. The second-order valence-corrected chi connectivity index (χ2v) is 3.49. The third-order valence-corrected chi connectivity index (χ3v) is 2.12. The molecular weight excluding hydrogens is 206 g/mol. The monoisotopic (exact) mass is 223 g/mol. The SMILES string of the molecule is CCOc1ccccc1OCC(C)C(N)=O. The first-order chi connectivity index (χ1) is 7.65. The summed E-state index contributed by atoms with van der Waals surface area (Å²) in [5.41, 5.74) is 5.15. The van der Waals surface area contributed by atoms with Crippen LogP contribution in [-0.2, 0) is 4.79 Å². The number of carbonyl (C=O) groups is 1. The molecular formula is C12H17NO3. The number of benzene rings is 1. The Morgan fingerprint density at radius 1 is 1.31 bits per heavy atom. The minimum absolute atomic E-state index is 0.263. The van der Waals surface area contributed by atoms with Gasteiger partial charge in [0.1, 0.15) is 0 Å². The zero-order chi connectivity index (χ0) is 12.0. The van der Waals surface area contributed by atoms with Crippen molar-refractivity contribution in [2.75, 3.05) is 13.2 Å². The molecule has 1 amide bonds. The molecule has 0 aromatic heterocycles. The van der Waals surface area contributed by atoms with Crippen LogP contribution < -0.4 is 15.2 Å². The minimum Gasteiger partial charge on any atom is -0.490 e. The van der Waals surface area contributed by atoms with Gasteiger partial charge in [0, 0.05) is 0 Å². The number of para-hydroxylation sites is 2. The number of amides is 1. The Hall–Kier alpha value is -1.71. The highest BCUT2D eigenvalue weighted by Crippen LogP contribution is 2.26. The van der Waals surface area contributed by atoms with Crippen LogP contribution >= 0.6 is 0 Å². The minimum atomic E-state index is -0.367. The molecule has 88 valence electrons. The molecule has 0 spiro atoms. The van der Waals surface area contributed by atoms with Crippen LogP contribution in [0.5, 0.6) is 11.5 Å². The lowest BCUT2D eigenvalue weighted by Gasteiger charge is -2.13. The molecule has 2 N–H and O–H groups in total. The normalized spacial score (nSPS) is 11.9. The standard InChI is InChI=1S/C12H17NO3/c1-3-15-10-6-4-5-7-11(10)16-8-9(2)12(13)14/h4-7,9H,3,8H2,1-2H3,(H2,13,14). The average molecular weight is 223 g/mol. The van der Waals surface area contributed by atoms with E-state index in [-0.39, 0.29) is 18.4 Å². The van der Waals surface area contributed by atoms with Crippen molar-refractivity contribution in [3.8, 4) is 11.5 Å². The first-order valence-corrected chi connectivity index (χ1v) is 5.29. The Bertz CT molecular complexity index is 352. The molecule has 0 aliphatic carbocycles. The quantitative estimate of drug-likeness (QED) is 0.796. The third-order valence-electron chi connectivity index (χ3n) is 2.12. The predicted octanol–water partition coefficient (Wildman–Crippen LogP) is 1.59. The molecule has 0 bridgehead atoms. The van der Waals surface area contributed by atoms with Gasteiger partial charge in [-0.25, -0.2) is 0 Å². The van der Waals surface area contributed by atoms with Gasteiger partial charge in [0.2, 0.25) is 5.91 Å². The summed E-state index contributed by atoms with van der Waals surface area (Å²) < 4.78 is 10.9. The molecule has 4 nitrogen and oxygen atoms in total. The van der Waals surface area contributed by atoms with Crippen LogP contribution in [0.1, 0.15) is 13.8 Å². The van der Waals surface area contributed by atoms with E-state index < -0.39 is 0 Å². The highest BCUT2D eigenvalue weighted by molar-refractivity contribution is 5.76. The van der Waals surface area contributed by atoms with Gasteiger partial charge < -0.3 is 15.2 Å². The summed E-state index contributed by atoms with van der Waals surface area (Å²) in [4.78, 5) is 10.8. The van der Waals surface area contributed by atoms with Gasteiger partial charge >= 0.3 is 0 Å². The van der Waals surface area contributed by atoms with Gasteiger partial charge in [-0.3, -0.25) is 4.79 Å². The van der Waals surface area contributed by atoms with Gasteiger partial charge in [-0.1, -0.05) is 19.1 Å². The van der Waals surface area contributed by atoms with Gasteiger partial charge in [-0.2, -0.15) is 0 Å². The van der Waals surface area contributed by atoms with Crippen molar-refractivity contribution in [3.05, 3.63) is 24.3 Å². The molecule has 1 unspecified atom stereocenters. The number of hydrogen-bond acceptors (Lipinski definition) is 3. The van der Waals surface area contributed by atoms with E-state index in [0.717, 1.165) is 0 Å². The number of nitrogens with two attached hydrogens (primary N) is 1. The Morgan fingerprint density at radius 3 is 2.38 bits per heavy atom. The molecule has 0 saturated carbocycles. The van der Waals surface area contributed by atoms with E-state index in [0.29, 0.717) is 18.1 Å². The number of ether oxygens (including phenoxy) is 2. The fraction of sp³-hybridized carbons (Fsp3) is 0.417. The average Bonchev–Trinajstić information content (AvgIpc) is 2.27. The lowest BCUT2D eigenvalue weighted by Crippen LogP contribution is -2.25. The smallest absolute Gasteiger partial charge is 0.223 e. The van der Waals surface area contributed by atoms with E-state index in [1.54, 1.807) is 13.0 Å². The van der Waals surface area contributed by atoms with Crippen molar-refractivity contribution in [2.24, 2.45) is 11.7 Å². The molecule has 0 radical (unpaired) electrons. The number of rotatable bonds is 6. The van der Waals surface area contributed by atoms with Crippen LogP contribution in [0.3, 0.4) is 0 Å². The molecule has 0 heterocycles. The van der Waals surface area contributed by atoms with E-state index in [1.165, 1.54) is 0 Å². The Balaban J connectivity index is 2.62. The van der Waals surface area contributed by atoms with E-state index in [1.807, 2.05) is 25.1 Å². The summed E-state index contributed by atoms with van der Waals surface area (Å²) in [6.07, 6.45) is 0. The molecule has 0 aliphatic heterocycles. The first-order valence-electron chi connectivity index (χ1n) is 5.29. The summed E-state index contributed by atoms with van der Waals surface area (Å²) in [5.74, 6) is 0.641. The second-order valence-electron chi connectivity index (χ2n) is 3.49. The molecule has 4 heteroatoms. The highest BCUT2D eigenvalue weighted by atomic mass is 16.5. The van der Waals surface area contributed by atoms with Gasteiger partial charge in [-0.15, -0.1) is 0 Å². The van der Waals surface area contributed by atoms with Crippen LogP contribution in [0.25, 0.3) is 0 Å². The summed E-state index contributed by atoms with van der Waals surface area (Å²) in [5, 5.41) is 0. The second kappa shape index (κ2) is 6.00. The van der Waals surface area contributed by atoms with E-state index in [4.69, 9.17) is 15.2 Å². The fourth-order valence-electron chi connectivity index (χ4n) is 1.14. The van der Waals surface area contributed by atoms with Crippen molar-refractivity contribution < 1.29 is 14.3 Å². The van der Waals surface area contributed by atoms with Gasteiger partial charge in [0.05, 0.1) is 19.1 Å². The van der Waals surface area contributed by atoms with Gasteiger partial charge in [0.15, 0.2) is 11.5 Å². The summed E-state index contributed by atoms with van der Waals surface area (Å²) >= 11 is 0. The Morgan fingerprint density at radius 2 is 1.88 bits per heavy atom. The zero-order valence-electron chi connectivity index (χ0n) is 9.60. The molecule has 1 rings (SSSR count). The summed E-state index contributed by atoms with van der Waals surface area (Å²) in [6, 6.07) is 7.36. The maximum Gasteiger partial charge on any atom is 0.223 e. The maximum atomic E-state index is 10.8. The molecule has 0 fully saturated rings. The van der Waals surface area contributed by atoms with Crippen molar-refractivity contribution in [1.82, 2.24) is 0 Å². The number of hydrogen-bond donors (Lipinski definition) is 1. The third kappa shape index (κ3) is 3.46. The van der Waals surface area contributed by atoms with Crippen LogP contribution in [0.2, 0.25) is 0 Å². The lowest BCUT2D eigenvalue weighted by atomic mass is 10.2. The molecule has 1 aromatic rings. The van der Waals surface area contributed by atoms with Crippen molar-refractivity contribution in [3.63, 3.8) is 0 Å². The largest absolute Gasteiger partial charge is 0.490 e. The molecule has 0 saturated heterocycles. The maximum absolute atomic E-state index is 10.8. The van der Waals surface area contributed by atoms with Gasteiger partial charge in [0.25, 0.3) is 0 Å².